The predicted molar refractivity (Wildman–Crippen MR) is 89.4 cm³/mol. The van der Waals surface area contributed by atoms with Gasteiger partial charge in [-0.3, -0.25) is 0 Å². The minimum Gasteiger partial charge on any atom is -0.485 e. The maximum atomic E-state index is 13.2. The molecule has 128 valence electrons. The van der Waals surface area contributed by atoms with Gasteiger partial charge >= 0.3 is 0 Å². The monoisotopic (exact) mass is 343 g/mol. The number of hydrogen-bond donors (Lipinski definition) is 2. The summed E-state index contributed by atoms with van der Waals surface area (Å²) in [6, 6.07) is 10.9. The van der Waals surface area contributed by atoms with E-state index in [1.165, 1.54) is 6.07 Å². The van der Waals surface area contributed by atoms with Crippen molar-refractivity contribution in [1.82, 2.24) is 15.0 Å². The number of nitrogen functional groups attached to an aromatic ring is 1. The molecule has 0 aliphatic heterocycles. The van der Waals surface area contributed by atoms with Gasteiger partial charge in [0.15, 0.2) is 17.5 Å². The molecule has 3 rings (SSSR count). The Bertz CT molecular complexity index is 904. The molecule has 2 aromatic carbocycles. The number of rotatable bonds is 5. The highest BCUT2D eigenvalue weighted by atomic mass is 19.2. The number of benzene rings is 2. The lowest BCUT2D eigenvalue weighted by molar-refractivity contribution is 0.293. The summed E-state index contributed by atoms with van der Waals surface area (Å²) in [4.78, 5) is 12.2. The zero-order valence-corrected chi connectivity index (χ0v) is 13.3. The number of aromatic nitrogens is 3. The molecular formula is C17H15F2N5O. The van der Waals surface area contributed by atoms with E-state index in [1.54, 1.807) is 0 Å². The van der Waals surface area contributed by atoms with Crippen molar-refractivity contribution in [3.05, 3.63) is 65.5 Å². The van der Waals surface area contributed by atoms with Gasteiger partial charge in [0.05, 0.1) is 0 Å². The molecule has 0 saturated heterocycles. The van der Waals surface area contributed by atoms with E-state index in [-0.39, 0.29) is 30.1 Å². The Balaban J connectivity index is 1.75. The summed E-state index contributed by atoms with van der Waals surface area (Å²) < 4.78 is 31.5. The van der Waals surface area contributed by atoms with Crippen molar-refractivity contribution in [3.8, 4) is 5.75 Å². The fourth-order valence-corrected chi connectivity index (χ4v) is 2.11. The minimum atomic E-state index is -0.991. The van der Waals surface area contributed by atoms with Crippen molar-refractivity contribution in [3.63, 3.8) is 0 Å². The van der Waals surface area contributed by atoms with Crippen LogP contribution in [0.15, 0.2) is 42.5 Å². The zero-order valence-electron chi connectivity index (χ0n) is 13.3. The Morgan fingerprint density at radius 1 is 1.04 bits per heavy atom. The number of aryl methyl sites for hydroxylation is 1. The molecule has 0 aliphatic rings. The highest BCUT2D eigenvalue weighted by Crippen LogP contribution is 2.19. The predicted octanol–water partition coefficient (Wildman–Crippen LogP) is 3.36. The first kappa shape index (κ1) is 16.6. The van der Waals surface area contributed by atoms with Gasteiger partial charge in [-0.05, 0) is 30.7 Å². The zero-order chi connectivity index (χ0) is 17.8. The van der Waals surface area contributed by atoms with E-state index in [4.69, 9.17) is 10.5 Å². The summed E-state index contributed by atoms with van der Waals surface area (Å²) >= 11 is 0. The molecule has 0 spiro atoms. The summed E-state index contributed by atoms with van der Waals surface area (Å²) in [6.07, 6.45) is 0. The number of nitrogens with one attached hydrogen (secondary N) is 1. The molecule has 1 heterocycles. The summed E-state index contributed by atoms with van der Waals surface area (Å²) in [5, 5.41) is 3.06. The van der Waals surface area contributed by atoms with Crippen LogP contribution >= 0.6 is 0 Å². The minimum absolute atomic E-state index is 0.0231. The number of anilines is 3. The second kappa shape index (κ2) is 7.08. The smallest absolute Gasteiger partial charge is 0.232 e. The van der Waals surface area contributed by atoms with Crippen molar-refractivity contribution < 1.29 is 13.5 Å². The Labute approximate surface area is 142 Å². The summed E-state index contributed by atoms with van der Waals surface area (Å²) in [5.41, 5.74) is 7.55. The van der Waals surface area contributed by atoms with Crippen LogP contribution in [-0.2, 0) is 6.61 Å². The van der Waals surface area contributed by atoms with Crippen LogP contribution in [0.4, 0.5) is 26.4 Å². The second-order valence-electron chi connectivity index (χ2n) is 5.24. The van der Waals surface area contributed by atoms with E-state index in [0.717, 1.165) is 23.4 Å². The number of nitrogens with two attached hydrogens (primary N) is 1. The molecule has 0 atom stereocenters. The van der Waals surface area contributed by atoms with Gasteiger partial charge in [-0.2, -0.15) is 15.0 Å². The van der Waals surface area contributed by atoms with Crippen LogP contribution in [0.5, 0.6) is 5.75 Å². The molecule has 3 aromatic rings. The van der Waals surface area contributed by atoms with Crippen molar-refractivity contribution in [2.75, 3.05) is 11.1 Å². The lowest BCUT2D eigenvalue weighted by atomic mass is 10.2. The maximum Gasteiger partial charge on any atom is 0.232 e. The highest BCUT2D eigenvalue weighted by Gasteiger charge is 2.08. The first-order chi connectivity index (χ1) is 12.0. The third-order valence-corrected chi connectivity index (χ3v) is 3.35. The van der Waals surface area contributed by atoms with Gasteiger partial charge in [-0.1, -0.05) is 18.2 Å². The third-order valence-electron chi connectivity index (χ3n) is 3.35. The Kier molecular flexibility index (Phi) is 4.69. The van der Waals surface area contributed by atoms with Crippen molar-refractivity contribution in [1.29, 1.82) is 0 Å². The van der Waals surface area contributed by atoms with Gasteiger partial charge < -0.3 is 15.8 Å². The van der Waals surface area contributed by atoms with Crippen LogP contribution in [0.2, 0.25) is 0 Å². The first-order valence-corrected chi connectivity index (χ1v) is 7.42. The number of halogens is 2. The third kappa shape index (κ3) is 4.17. The van der Waals surface area contributed by atoms with Gasteiger partial charge in [0.25, 0.3) is 0 Å². The lowest BCUT2D eigenvalue weighted by Gasteiger charge is -2.10. The normalized spacial score (nSPS) is 10.5. The van der Waals surface area contributed by atoms with E-state index < -0.39 is 11.6 Å². The second-order valence-corrected chi connectivity index (χ2v) is 5.24. The molecule has 1 aromatic heterocycles. The van der Waals surface area contributed by atoms with Crippen molar-refractivity contribution in [2.24, 2.45) is 0 Å². The lowest BCUT2D eigenvalue weighted by Crippen LogP contribution is -2.09. The SMILES string of the molecule is Cc1ccccc1Nc1nc(N)nc(COc2ccc(F)c(F)c2)n1. The molecule has 0 unspecified atom stereocenters. The Morgan fingerprint density at radius 3 is 2.60 bits per heavy atom. The molecule has 8 heteroatoms. The van der Waals surface area contributed by atoms with Crippen LogP contribution in [0.1, 0.15) is 11.4 Å². The van der Waals surface area contributed by atoms with E-state index in [9.17, 15) is 8.78 Å². The van der Waals surface area contributed by atoms with Crippen LogP contribution in [-0.4, -0.2) is 15.0 Å². The van der Waals surface area contributed by atoms with Gasteiger partial charge in [0.2, 0.25) is 11.9 Å². The molecule has 3 N–H and O–H groups in total. The summed E-state index contributed by atoms with van der Waals surface area (Å²) in [6.45, 7) is 1.88. The molecule has 0 bridgehead atoms. The topological polar surface area (TPSA) is 86.0 Å². The van der Waals surface area contributed by atoms with Crippen molar-refractivity contribution in [2.45, 2.75) is 13.5 Å². The quantitative estimate of drug-likeness (QED) is 0.739. The maximum absolute atomic E-state index is 13.2. The fourth-order valence-electron chi connectivity index (χ4n) is 2.11. The number of hydrogen-bond acceptors (Lipinski definition) is 6. The van der Waals surface area contributed by atoms with Gasteiger partial charge in [-0.25, -0.2) is 8.78 Å². The van der Waals surface area contributed by atoms with E-state index in [0.29, 0.717) is 0 Å². The van der Waals surface area contributed by atoms with Crippen LogP contribution in [0, 0.1) is 18.6 Å². The number of ether oxygens (including phenoxy) is 1. The molecule has 0 fully saturated rings. The van der Waals surface area contributed by atoms with Gasteiger partial charge in [0, 0.05) is 11.8 Å². The number of nitrogens with zero attached hydrogens (tertiary/aromatic N) is 3. The molecule has 0 amide bonds. The average Bonchev–Trinajstić information content (AvgIpc) is 2.58. The van der Waals surface area contributed by atoms with Crippen LogP contribution in [0.3, 0.4) is 0 Å². The first-order valence-electron chi connectivity index (χ1n) is 7.42. The molecule has 0 saturated carbocycles. The fraction of sp³-hybridized carbons (Fsp3) is 0.118. The molecule has 0 aliphatic carbocycles. The van der Waals surface area contributed by atoms with Crippen molar-refractivity contribution >= 4 is 17.6 Å². The van der Waals surface area contributed by atoms with Gasteiger partial charge in [0.1, 0.15) is 12.4 Å². The molecule has 6 nitrogen and oxygen atoms in total. The standard InChI is InChI=1S/C17H15F2N5O/c1-10-4-2-3-5-14(10)21-17-23-15(22-16(20)24-17)9-25-11-6-7-12(18)13(19)8-11/h2-8H,9H2,1H3,(H3,20,21,22,23,24). The van der Waals surface area contributed by atoms with E-state index in [2.05, 4.69) is 20.3 Å². The summed E-state index contributed by atoms with van der Waals surface area (Å²) in [7, 11) is 0. The van der Waals surface area contributed by atoms with Crippen LogP contribution < -0.4 is 15.8 Å². The highest BCUT2D eigenvalue weighted by molar-refractivity contribution is 5.58. The molecule has 0 radical (unpaired) electrons. The Morgan fingerprint density at radius 2 is 1.84 bits per heavy atom. The molecule has 25 heavy (non-hydrogen) atoms. The Hall–Kier alpha value is -3.29. The summed E-state index contributed by atoms with van der Waals surface area (Å²) in [5.74, 6) is -1.23. The molecular weight excluding hydrogens is 328 g/mol. The largest absolute Gasteiger partial charge is 0.485 e. The van der Waals surface area contributed by atoms with Crippen LogP contribution in [0.25, 0.3) is 0 Å². The average molecular weight is 343 g/mol. The van der Waals surface area contributed by atoms with E-state index >= 15 is 0 Å². The van der Waals surface area contributed by atoms with E-state index in [1.807, 2.05) is 31.2 Å². The van der Waals surface area contributed by atoms with Gasteiger partial charge in [-0.15, -0.1) is 0 Å². The number of para-hydroxylation sites is 1.